The molecule has 1 aliphatic rings. The third kappa shape index (κ3) is 3.95. The minimum atomic E-state index is -0.262. The van der Waals surface area contributed by atoms with Crippen LogP contribution >= 0.6 is 0 Å². The van der Waals surface area contributed by atoms with Gasteiger partial charge in [-0.1, -0.05) is 42.5 Å². The van der Waals surface area contributed by atoms with Crippen LogP contribution in [-0.4, -0.2) is 57.9 Å². The van der Waals surface area contributed by atoms with E-state index in [-0.39, 0.29) is 5.82 Å². The summed E-state index contributed by atoms with van der Waals surface area (Å²) in [6.45, 7) is 6.15. The molecule has 0 amide bonds. The molecule has 176 valence electrons. The molecular formula is C27H26FN7. The van der Waals surface area contributed by atoms with Gasteiger partial charge < -0.3 is 4.90 Å². The van der Waals surface area contributed by atoms with Gasteiger partial charge in [0, 0.05) is 43.7 Å². The predicted octanol–water partition coefficient (Wildman–Crippen LogP) is 4.88. The van der Waals surface area contributed by atoms with E-state index in [1.807, 2.05) is 42.5 Å². The van der Waals surface area contributed by atoms with Crippen molar-refractivity contribution in [1.29, 1.82) is 0 Å². The number of nitrogens with zero attached hydrogens (tertiary/aromatic N) is 6. The number of anilines is 2. The van der Waals surface area contributed by atoms with Gasteiger partial charge in [0.15, 0.2) is 11.6 Å². The van der Waals surface area contributed by atoms with Crippen LogP contribution in [0.25, 0.3) is 33.2 Å². The number of nitrogens with one attached hydrogen (secondary N) is 1. The molecule has 8 heteroatoms. The zero-order valence-electron chi connectivity index (χ0n) is 19.5. The van der Waals surface area contributed by atoms with E-state index in [4.69, 9.17) is 9.97 Å². The van der Waals surface area contributed by atoms with Crippen LogP contribution in [0, 0.1) is 5.82 Å². The molecule has 7 nitrogen and oxygen atoms in total. The summed E-state index contributed by atoms with van der Waals surface area (Å²) >= 11 is 0. The monoisotopic (exact) mass is 467 g/mol. The molecule has 0 radical (unpaired) electrons. The molecular weight excluding hydrogens is 441 g/mol. The fourth-order valence-electron chi connectivity index (χ4n) is 4.81. The Kier molecular flexibility index (Phi) is 5.50. The lowest BCUT2D eigenvalue weighted by atomic mass is 10.1. The van der Waals surface area contributed by atoms with Gasteiger partial charge in [-0.05, 0) is 37.3 Å². The second-order valence-electron chi connectivity index (χ2n) is 8.64. The summed E-state index contributed by atoms with van der Waals surface area (Å²) in [5.41, 5.74) is 4.42. The van der Waals surface area contributed by atoms with E-state index in [2.05, 4.69) is 44.2 Å². The Morgan fingerprint density at radius 1 is 0.886 bits per heavy atom. The molecule has 0 bridgehead atoms. The molecule has 5 aromatic rings. The van der Waals surface area contributed by atoms with Gasteiger partial charge in [-0.2, -0.15) is 5.10 Å². The number of aromatic amines is 1. The Balaban J connectivity index is 1.31. The summed E-state index contributed by atoms with van der Waals surface area (Å²) in [6.07, 6.45) is 0. The molecule has 0 aliphatic carbocycles. The van der Waals surface area contributed by atoms with E-state index in [9.17, 15) is 4.39 Å². The minimum absolute atomic E-state index is 0.262. The molecule has 0 spiro atoms. The number of piperazine rings is 1. The number of hydrazine groups is 1. The van der Waals surface area contributed by atoms with E-state index in [1.54, 1.807) is 6.07 Å². The van der Waals surface area contributed by atoms with Gasteiger partial charge >= 0.3 is 0 Å². The highest BCUT2D eigenvalue weighted by Gasteiger charge is 2.27. The lowest BCUT2D eigenvalue weighted by Gasteiger charge is -2.41. The largest absolute Gasteiger partial charge is 0.352 e. The van der Waals surface area contributed by atoms with Gasteiger partial charge in [0.05, 0.1) is 16.6 Å². The molecule has 3 heterocycles. The molecule has 6 rings (SSSR count). The van der Waals surface area contributed by atoms with Crippen LogP contribution in [0.3, 0.4) is 0 Å². The SMILES string of the molecule is CCN(c1nc2ccccc2nc1-c1ccccc1)N1CCN(c2n[nH]c3cc(F)ccc23)CC1. The average molecular weight is 468 g/mol. The standard InChI is InChI=1S/C27H26FN7/c1-2-35(27-25(19-8-4-3-5-9-19)29-22-10-6-7-11-23(22)30-27)34-16-14-33(15-17-34)26-21-13-12-20(28)18-24(21)31-32-26/h3-13,18H,2,14-17H2,1H3,(H,31,32). The van der Waals surface area contributed by atoms with E-state index in [0.29, 0.717) is 0 Å². The predicted molar refractivity (Wildman–Crippen MR) is 138 cm³/mol. The van der Waals surface area contributed by atoms with Crippen LogP contribution in [0.4, 0.5) is 16.0 Å². The molecule has 1 fully saturated rings. The minimum Gasteiger partial charge on any atom is -0.352 e. The number of para-hydroxylation sites is 2. The van der Waals surface area contributed by atoms with Crippen LogP contribution in [-0.2, 0) is 0 Å². The van der Waals surface area contributed by atoms with Crippen LogP contribution < -0.4 is 9.91 Å². The van der Waals surface area contributed by atoms with Crippen molar-refractivity contribution < 1.29 is 4.39 Å². The van der Waals surface area contributed by atoms with Gasteiger partial charge in [0.25, 0.3) is 0 Å². The zero-order chi connectivity index (χ0) is 23.8. The quantitative estimate of drug-likeness (QED) is 0.398. The van der Waals surface area contributed by atoms with E-state index in [0.717, 1.165) is 77.6 Å². The molecule has 1 N–H and O–H groups in total. The first-order chi connectivity index (χ1) is 17.2. The van der Waals surface area contributed by atoms with Crippen LogP contribution in [0.1, 0.15) is 6.92 Å². The first-order valence-electron chi connectivity index (χ1n) is 11.9. The average Bonchev–Trinajstić information content (AvgIpc) is 3.32. The van der Waals surface area contributed by atoms with Crippen molar-refractivity contribution in [2.75, 3.05) is 42.6 Å². The number of benzene rings is 3. The number of fused-ring (bicyclic) bond motifs is 2. The number of hydrogen-bond acceptors (Lipinski definition) is 6. The Morgan fingerprint density at radius 2 is 1.60 bits per heavy atom. The normalized spacial score (nSPS) is 14.6. The second-order valence-corrected chi connectivity index (χ2v) is 8.64. The van der Waals surface area contributed by atoms with Crippen molar-refractivity contribution in [2.45, 2.75) is 6.92 Å². The first kappa shape index (κ1) is 21.5. The zero-order valence-corrected chi connectivity index (χ0v) is 19.5. The smallest absolute Gasteiger partial charge is 0.170 e. The highest BCUT2D eigenvalue weighted by Crippen LogP contribution is 2.32. The molecule has 2 aromatic heterocycles. The highest BCUT2D eigenvalue weighted by molar-refractivity contribution is 5.90. The lowest BCUT2D eigenvalue weighted by Crippen LogP contribution is -2.54. The van der Waals surface area contributed by atoms with Crippen LogP contribution in [0.15, 0.2) is 72.8 Å². The topological polar surface area (TPSA) is 64.2 Å². The number of hydrogen-bond donors (Lipinski definition) is 1. The Labute approximate surface area is 202 Å². The first-order valence-corrected chi connectivity index (χ1v) is 11.9. The van der Waals surface area contributed by atoms with Crippen molar-refractivity contribution in [3.05, 3.63) is 78.6 Å². The van der Waals surface area contributed by atoms with Crippen molar-refractivity contribution in [1.82, 2.24) is 25.2 Å². The summed E-state index contributed by atoms with van der Waals surface area (Å²) in [4.78, 5) is 12.3. The van der Waals surface area contributed by atoms with Crippen molar-refractivity contribution in [3.63, 3.8) is 0 Å². The lowest BCUT2D eigenvalue weighted by molar-refractivity contribution is 0.235. The van der Waals surface area contributed by atoms with Crippen LogP contribution in [0.5, 0.6) is 0 Å². The molecule has 1 aliphatic heterocycles. The summed E-state index contributed by atoms with van der Waals surface area (Å²) in [5.74, 6) is 1.48. The Morgan fingerprint density at radius 3 is 2.34 bits per heavy atom. The maximum absolute atomic E-state index is 13.6. The number of rotatable bonds is 5. The maximum atomic E-state index is 13.6. The molecule has 3 aromatic carbocycles. The molecule has 1 saturated heterocycles. The van der Waals surface area contributed by atoms with Crippen molar-refractivity contribution in [3.8, 4) is 11.3 Å². The van der Waals surface area contributed by atoms with Gasteiger partial charge in [0.2, 0.25) is 0 Å². The fourth-order valence-corrected chi connectivity index (χ4v) is 4.81. The van der Waals surface area contributed by atoms with Crippen molar-refractivity contribution in [2.24, 2.45) is 0 Å². The van der Waals surface area contributed by atoms with E-state index >= 15 is 0 Å². The third-order valence-corrected chi connectivity index (χ3v) is 6.55. The fraction of sp³-hybridized carbons (Fsp3) is 0.222. The molecule has 0 atom stereocenters. The molecule has 35 heavy (non-hydrogen) atoms. The highest BCUT2D eigenvalue weighted by atomic mass is 19.1. The van der Waals surface area contributed by atoms with E-state index < -0.39 is 0 Å². The van der Waals surface area contributed by atoms with E-state index in [1.165, 1.54) is 12.1 Å². The summed E-state index contributed by atoms with van der Waals surface area (Å²) in [7, 11) is 0. The third-order valence-electron chi connectivity index (χ3n) is 6.55. The van der Waals surface area contributed by atoms with Gasteiger partial charge in [-0.25, -0.2) is 19.4 Å². The molecule has 0 unspecified atom stereocenters. The summed E-state index contributed by atoms with van der Waals surface area (Å²) in [6, 6.07) is 23.0. The Hall–Kier alpha value is -4.04. The molecule has 0 saturated carbocycles. The van der Waals surface area contributed by atoms with Gasteiger partial charge in [-0.15, -0.1) is 0 Å². The van der Waals surface area contributed by atoms with Gasteiger partial charge in [-0.3, -0.25) is 10.1 Å². The summed E-state index contributed by atoms with van der Waals surface area (Å²) < 4.78 is 13.6. The van der Waals surface area contributed by atoms with Crippen LogP contribution in [0.2, 0.25) is 0 Å². The number of H-pyrrole nitrogens is 1. The second kappa shape index (κ2) is 8.96. The Bertz CT molecular complexity index is 1480. The number of halogens is 1. The van der Waals surface area contributed by atoms with Gasteiger partial charge in [0.1, 0.15) is 11.5 Å². The number of aromatic nitrogens is 4. The maximum Gasteiger partial charge on any atom is 0.170 e. The summed E-state index contributed by atoms with van der Waals surface area (Å²) in [5, 5.41) is 13.0. The van der Waals surface area contributed by atoms with Crippen molar-refractivity contribution >= 4 is 33.6 Å².